The number of hydrogen-bond donors (Lipinski definition) is 0. The molecule has 2 heterocycles. The van der Waals surface area contributed by atoms with E-state index in [2.05, 4.69) is 30.8 Å². The summed E-state index contributed by atoms with van der Waals surface area (Å²) in [5.74, 6) is 0. The minimum atomic E-state index is 0.599. The molecule has 0 radical (unpaired) electrons. The van der Waals surface area contributed by atoms with E-state index in [1.54, 1.807) is 0 Å². The number of nitrogens with zero attached hydrogens (tertiary/aromatic N) is 2. The summed E-state index contributed by atoms with van der Waals surface area (Å²) in [5, 5.41) is 0. The van der Waals surface area contributed by atoms with Crippen LogP contribution in [0.3, 0.4) is 0 Å². The minimum Gasteiger partial charge on any atom is -0.299 e. The molecule has 1 atom stereocenters. The zero-order valence-electron chi connectivity index (χ0n) is 9.25. The Hall–Kier alpha value is -0.890. The van der Waals surface area contributed by atoms with Gasteiger partial charge in [0.1, 0.15) is 0 Å². The van der Waals surface area contributed by atoms with Crippen molar-refractivity contribution in [3.63, 3.8) is 0 Å². The zero-order valence-corrected chi connectivity index (χ0v) is 9.25. The van der Waals surface area contributed by atoms with Gasteiger partial charge >= 0.3 is 0 Å². The Morgan fingerprint density at radius 2 is 2.14 bits per heavy atom. The molecule has 1 aromatic heterocycles. The van der Waals surface area contributed by atoms with Crippen LogP contribution >= 0.6 is 0 Å². The van der Waals surface area contributed by atoms with E-state index in [4.69, 9.17) is 0 Å². The molecule has 14 heavy (non-hydrogen) atoms. The first-order valence-electron chi connectivity index (χ1n) is 5.31. The summed E-state index contributed by atoms with van der Waals surface area (Å²) in [7, 11) is 2.21. The second-order valence-corrected chi connectivity index (χ2v) is 4.31. The quantitative estimate of drug-likeness (QED) is 0.676. The smallest absolute Gasteiger partial charge is 0.0363 e. The van der Waals surface area contributed by atoms with Crippen molar-refractivity contribution < 1.29 is 0 Å². The molecule has 1 aromatic rings. The fourth-order valence-electron chi connectivity index (χ4n) is 2.29. The van der Waals surface area contributed by atoms with E-state index in [1.165, 1.54) is 36.1 Å². The van der Waals surface area contributed by atoms with Gasteiger partial charge in [0.15, 0.2) is 0 Å². The summed E-state index contributed by atoms with van der Waals surface area (Å²) in [5.41, 5.74) is 4.14. The van der Waals surface area contributed by atoms with Crippen LogP contribution in [-0.4, -0.2) is 23.5 Å². The second-order valence-electron chi connectivity index (χ2n) is 4.31. The van der Waals surface area contributed by atoms with Crippen LogP contribution in [0.4, 0.5) is 0 Å². The molecular formula is C12H18N2. The molecule has 0 spiro atoms. The first kappa shape index (κ1) is 9.66. The SMILES string of the molecule is Cc1cncc([C@@H]2CCCN2C)c1C. The van der Waals surface area contributed by atoms with Crippen molar-refractivity contribution in [3.05, 3.63) is 29.1 Å². The maximum atomic E-state index is 4.30. The molecule has 0 aromatic carbocycles. The molecule has 76 valence electrons. The minimum absolute atomic E-state index is 0.599. The van der Waals surface area contributed by atoms with Crippen molar-refractivity contribution in [2.24, 2.45) is 0 Å². The third-order valence-corrected chi connectivity index (χ3v) is 3.39. The van der Waals surface area contributed by atoms with Gasteiger partial charge in [-0.1, -0.05) is 0 Å². The lowest BCUT2D eigenvalue weighted by Gasteiger charge is -2.21. The maximum Gasteiger partial charge on any atom is 0.0363 e. The Kier molecular flexibility index (Phi) is 2.55. The highest BCUT2D eigenvalue weighted by molar-refractivity contribution is 5.32. The van der Waals surface area contributed by atoms with Crippen LogP contribution < -0.4 is 0 Å². The average Bonchev–Trinajstić information content (AvgIpc) is 2.57. The van der Waals surface area contributed by atoms with Gasteiger partial charge in [-0.3, -0.25) is 9.88 Å². The molecule has 0 aliphatic carbocycles. The third kappa shape index (κ3) is 1.55. The fourth-order valence-corrected chi connectivity index (χ4v) is 2.29. The number of aromatic nitrogens is 1. The summed E-state index contributed by atoms with van der Waals surface area (Å²) in [4.78, 5) is 6.73. The highest BCUT2D eigenvalue weighted by Crippen LogP contribution is 2.32. The van der Waals surface area contributed by atoms with Crippen molar-refractivity contribution in [1.82, 2.24) is 9.88 Å². The van der Waals surface area contributed by atoms with E-state index >= 15 is 0 Å². The highest BCUT2D eigenvalue weighted by Gasteiger charge is 2.24. The molecule has 1 fully saturated rings. The van der Waals surface area contributed by atoms with Crippen molar-refractivity contribution in [2.45, 2.75) is 32.7 Å². The number of rotatable bonds is 1. The van der Waals surface area contributed by atoms with Gasteiger partial charge in [-0.15, -0.1) is 0 Å². The average molecular weight is 190 g/mol. The van der Waals surface area contributed by atoms with E-state index in [0.29, 0.717) is 6.04 Å². The van der Waals surface area contributed by atoms with E-state index in [9.17, 15) is 0 Å². The van der Waals surface area contributed by atoms with Crippen LogP contribution in [0.5, 0.6) is 0 Å². The molecule has 1 aliphatic rings. The first-order chi connectivity index (χ1) is 6.70. The van der Waals surface area contributed by atoms with Crippen molar-refractivity contribution in [1.29, 1.82) is 0 Å². The molecule has 0 bridgehead atoms. The summed E-state index contributed by atoms with van der Waals surface area (Å²) < 4.78 is 0. The van der Waals surface area contributed by atoms with Crippen LogP contribution in [0.2, 0.25) is 0 Å². The summed E-state index contributed by atoms with van der Waals surface area (Å²) in [6.07, 6.45) is 6.58. The van der Waals surface area contributed by atoms with Gasteiger partial charge in [0.05, 0.1) is 0 Å². The highest BCUT2D eigenvalue weighted by atomic mass is 15.1. The van der Waals surface area contributed by atoms with Gasteiger partial charge < -0.3 is 0 Å². The monoisotopic (exact) mass is 190 g/mol. The Morgan fingerprint density at radius 3 is 2.79 bits per heavy atom. The second kappa shape index (κ2) is 3.70. The normalized spacial score (nSPS) is 22.9. The van der Waals surface area contributed by atoms with Gasteiger partial charge in [0.2, 0.25) is 0 Å². The number of pyridine rings is 1. The maximum absolute atomic E-state index is 4.30. The van der Waals surface area contributed by atoms with Crippen molar-refractivity contribution in [3.8, 4) is 0 Å². The molecular weight excluding hydrogens is 172 g/mol. The Morgan fingerprint density at radius 1 is 1.36 bits per heavy atom. The number of likely N-dealkylation sites (tertiary alicyclic amines) is 1. The molecule has 0 saturated carbocycles. The Bertz CT molecular complexity index is 333. The predicted octanol–water partition coefficient (Wildman–Crippen LogP) is 2.47. The standard InChI is InChI=1S/C12H18N2/c1-9-7-13-8-11(10(9)2)12-5-4-6-14(12)3/h7-8,12H,4-6H2,1-3H3/t12-/m0/s1. The summed E-state index contributed by atoms with van der Waals surface area (Å²) in [6, 6.07) is 0.599. The predicted molar refractivity (Wildman–Crippen MR) is 58.3 cm³/mol. The van der Waals surface area contributed by atoms with Gasteiger partial charge in [-0.2, -0.15) is 0 Å². The van der Waals surface area contributed by atoms with Crippen molar-refractivity contribution >= 4 is 0 Å². The number of hydrogen-bond acceptors (Lipinski definition) is 2. The van der Waals surface area contributed by atoms with Crippen LogP contribution in [-0.2, 0) is 0 Å². The van der Waals surface area contributed by atoms with E-state index in [1.807, 2.05) is 12.4 Å². The molecule has 1 aliphatic heterocycles. The third-order valence-electron chi connectivity index (χ3n) is 3.39. The molecule has 0 amide bonds. The molecule has 0 unspecified atom stereocenters. The van der Waals surface area contributed by atoms with Crippen LogP contribution in [0.25, 0.3) is 0 Å². The van der Waals surface area contributed by atoms with Gasteiger partial charge in [0, 0.05) is 18.4 Å². The molecule has 2 heteroatoms. The molecule has 2 rings (SSSR count). The Balaban J connectivity index is 2.36. The lowest BCUT2D eigenvalue weighted by molar-refractivity contribution is 0.316. The van der Waals surface area contributed by atoms with E-state index in [0.717, 1.165) is 0 Å². The summed E-state index contributed by atoms with van der Waals surface area (Å²) in [6.45, 7) is 5.57. The Labute approximate surface area is 86.0 Å². The van der Waals surface area contributed by atoms with Crippen LogP contribution in [0.1, 0.15) is 35.6 Å². The van der Waals surface area contributed by atoms with Gasteiger partial charge in [-0.05, 0) is 57.0 Å². The fraction of sp³-hybridized carbons (Fsp3) is 0.583. The number of aryl methyl sites for hydroxylation is 1. The van der Waals surface area contributed by atoms with Crippen LogP contribution in [0.15, 0.2) is 12.4 Å². The molecule has 1 saturated heterocycles. The van der Waals surface area contributed by atoms with E-state index in [-0.39, 0.29) is 0 Å². The lowest BCUT2D eigenvalue weighted by Crippen LogP contribution is -2.18. The zero-order chi connectivity index (χ0) is 10.1. The van der Waals surface area contributed by atoms with Gasteiger partial charge in [-0.25, -0.2) is 0 Å². The van der Waals surface area contributed by atoms with E-state index < -0.39 is 0 Å². The largest absolute Gasteiger partial charge is 0.299 e. The lowest BCUT2D eigenvalue weighted by atomic mass is 9.99. The van der Waals surface area contributed by atoms with Crippen LogP contribution in [0, 0.1) is 13.8 Å². The topological polar surface area (TPSA) is 16.1 Å². The van der Waals surface area contributed by atoms with Gasteiger partial charge in [0.25, 0.3) is 0 Å². The first-order valence-corrected chi connectivity index (χ1v) is 5.31. The molecule has 0 N–H and O–H groups in total. The summed E-state index contributed by atoms with van der Waals surface area (Å²) >= 11 is 0. The molecule has 2 nitrogen and oxygen atoms in total. The van der Waals surface area contributed by atoms with Crippen molar-refractivity contribution in [2.75, 3.05) is 13.6 Å².